The van der Waals surface area contributed by atoms with Gasteiger partial charge in [0.15, 0.2) is 5.82 Å². The Kier molecular flexibility index (Phi) is 4.44. The van der Waals surface area contributed by atoms with Crippen LogP contribution in [-0.2, 0) is 30.5 Å². The molecule has 3 rings (SSSR count). The second-order valence-electron chi connectivity index (χ2n) is 5.29. The zero-order valence-corrected chi connectivity index (χ0v) is 13.7. The molecule has 0 saturated heterocycles. The zero-order valence-electron chi connectivity index (χ0n) is 12.1. The minimum Gasteiger partial charge on any atom is -0.333 e. The molecule has 0 unspecified atom stereocenters. The van der Waals surface area contributed by atoms with Gasteiger partial charge in [0.25, 0.3) is 0 Å². The molecule has 0 spiro atoms. The fourth-order valence-corrected chi connectivity index (χ4v) is 2.93. The Hall–Kier alpha value is -1.80. The monoisotopic (exact) mass is 378 g/mol. The van der Waals surface area contributed by atoms with Gasteiger partial charge in [-0.15, -0.1) is 10.2 Å². The average molecular weight is 379 g/mol. The summed E-state index contributed by atoms with van der Waals surface area (Å²) in [5.74, 6) is -1.19. The Morgan fingerprint density at radius 1 is 1.21 bits per heavy atom. The summed E-state index contributed by atoms with van der Waals surface area (Å²) in [5, 5.41) is 7.37. The van der Waals surface area contributed by atoms with Crippen LogP contribution in [0.4, 0.5) is 13.2 Å². The molecule has 128 valence electrons. The largest absolute Gasteiger partial charge is 0.451 e. The van der Waals surface area contributed by atoms with Crippen LogP contribution in [0.3, 0.4) is 0 Å². The van der Waals surface area contributed by atoms with Crippen molar-refractivity contribution in [2.45, 2.75) is 25.7 Å². The molecule has 0 bridgehead atoms. The maximum absolute atomic E-state index is 12.8. The first-order valence-electron chi connectivity index (χ1n) is 6.97. The summed E-state index contributed by atoms with van der Waals surface area (Å²) < 4.78 is 39.4. The van der Waals surface area contributed by atoms with Gasteiger partial charge in [-0.1, -0.05) is 35.3 Å². The highest BCUT2D eigenvalue weighted by molar-refractivity contribution is 6.42. The normalized spacial score (nSPS) is 14.6. The van der Waals surface area contributed by atoms with E-state index in [4.69, 9.17) is 23.2 Å². The number of fused-ring (bicyclic) bond motifs is 1. The van der Waals surface area contributed by atoms with Crippen LogP contribution in [0.15, 0.2) is 18.2 Å². The van der Waals surface area contributed by atoms with Crippen molar-refractivity contribution < 1.29 is 18.0 Å². The molecule has 24 heavy (non-hydrogen) atoms. The third-order valence-corrected chi connectivity index (χ3v) is 4.59. The second-order valence-corrected chi connectivity index (χ2v) is 6.08. The van der Waals surface area contributed by atoms with E-state index in [1.54, 1.807) is 18.2 Å². The second kappa shape index (κ2) is 6.25. The Morgan fingerprint density at radius 2 is 1.96 bits per heavy atom. The van der Waals surface area contributed by atoms with Crippen molar-refractivity contribution in [2.24, 2.45) is 0 Å². The molecule has 1 aliphatic rings. The molecule has 1 aromatic carbocycles. The number of rotatable bonds is 2. The molecule has 0 saturated carbocycles. The Bertz CT molecular complexity index is 791. The lowest BCUT2D eigenvalue weighted by molar-refractivity contribution is -0.148. The molecular formula is C14H11Cl2F3N4O. The lowest BCUT2D eigenvalue weighted by atomic mass is 10.1. The number of amides is 1. The third-order valence-electron chi connectivity index (χ3n) is 3.73. The lowest BCUT2D eigenvalue weighted by Crippen LogP contribution is -2.40. The van der Waals surface area contributed by atoms with E-state index in [-0.39, 0.29) is 37.8 Å². The van der Waals surface area contributed by atoms with Gasteiger partial charge in [0, 0.05) is 13.1 Å². The van der Waals surface area contributed by atoms with Gasteiger partial charge in [-0.25, -0.2) is 0 Å². The van der Waals surface area contributed by atoms with Crippen molar-refractivity contribution in [3.05, 3.63) is 45.5 Å². The van der Waals surface area contributed by atoms with Crippen molar-refractivity contribution in [3.8, 4) is 0 Å². The van der Waals surface area contributed by atoms with E-state index >= 15 is 0 Å². The van der Waals surface area contributed by atoms with Gasteiger partial charge >= 0.3 is 6.18 Å². The van der Waals surface area contributed by atoms with E-state index in [1.165, 1.54) is 4.90 Å². The minimum absolute atomic E-state index is 0.00774. The first-order valence-corrected chi connectivity index (χ1v) is 7.73. The number of aromatic nitrogens is 3. The van der Waals surface area contributed by atoms with Gasteiger partial charge in [-0.2, -0.15) is 13.2 Å². The molecular weight excluding hydrogens is 368 g/mol. The van der Waals surface area contributed by atoms with E-state index in [2.05, 4.69) is 10.2 Å². The smallest absolute Gasteiger partial charge is 0.333 e. The number of halogens is 5. The minimum atomic E-state index is -4.56. The van der Waals surface area contributed by atoms with Crippen LogP contribution >= 0.6 is 23.2 Å². The highest BCUT2D eigenvalue weighted by Gasteiger charge is 2.39. The molecule has 2 heterocycles. The highest BCUT2D eigenvalue weighted by atomic mass is 35.5. The molecule has 1 aromatic heterocycles. The molecule has 0 N–H and O–H groups in total. The number of carbonyl (C=O) groups excluding carboxylic acids is 1. The summed E-state index contributed by atoms with van der Waals surface area (Å²) in [6.45, 7) is 0.109. The fraction of sp³-hybridized carbons (Fsp3) is 0.357. The van der Waals surface area contributed by atoms with Gasteiger partial charge in [-0.3, -0.25) is 4.79 Å². The summed E-state index contributed by atoms with van der Waals surface area (Å²) in [5.41, 5.74) is 0.567. The summed E-state index contributed by atoms with van der Waals surface area (Å²) in [7, 11) is 0. The van der Waals surface area contributed by atoms with Crippen molar-refractivity contribution in [3.63, 3.8) is 0 Å². The van der Waals surface area contributed by atoms with Crippen LogP contribution in [0.25, 0.3) is 0 Å². The molecule has 0 fully saturated rings. The molecule has 10 heteroatoms. The van der Waals surface area contributed by atoms with Crippen LogP contribution < -0.4 is 0 Å². The predicted octanol–water partition coefficient (Wildman–Crippen LogP) is 3.19. The molecule has 1 amide bonds. The van der Waals surface area contributed by atoms with Gasteiger partial charge in [0.05, 0.1) is 23.0 Å². The topological polar surface area (TPSA) is 51.0 Å². The Labute approximate surface area is 145 Å². The molecule has 0 atom stereocenters. The third kappa shape index (κ3) is 3.21. The van der Waals surface area contributed by atoms with Crippen molar-refractivity contribution in [2.75, 3.05) is 6.54 Å². The number of nitrogens with zero attached hydrogens (tertiary/aromatic N) is 4. The first kappa shape index (κ1) is 17.0. The Balaban J connectivity index is 1.75. The van der Waals surface area contributed by atoms with Gasteiger partial charge in [-0.05, 0) is 11.6 Å². The van der Waals surface area contributed by atoms with Crippen molar-refractivity contribution >= 4 is 29.1 Å². The summed E-state index contributed by atoms with van der Waals surface area (Å²) in [6.07, 6.45) is -4.55. The van der Waals surface area contributed by atoms with Crippen LogP contribution in [0.2, 0.25) is 10.0 Å². The van der Waals surface area contributed by atoms with Gasteiger partial charge < -0.3 is 9.47 Å². The van der Waals surface area contributed by atoms with E-state index in [0.717, 1.165) is 4.57 Å². The van der Waals surface area contributed by atoms with E-state index in [0.29, 0.717) is 15.6 Å². The maximum Gasteiger partial charge on any atom is 0.451 e. The van der Waals surface area contributed by atoms with E-state index in [9.17, 15) is 18.0 Å². The number of hydrogen-bond acceptors (Lipinski definition) is 3. The summed E-state index contributed by atoms with van der Waals surface area (Å²) in [6, 6.07) is 4.97. The Morgan fingerprint density at radius 3 is 2.67 bits per heavy atom. The predicted molar refractivity (Wildman–Crippen MR) is 80.6 cm³/mol. The van der Waals surface area contributed by atoms with Gasteiger partial charge in [0.1, 0.15) is 0 Å². The molecule has 1 aliphatic heterocycles. The number of hydrogen-bond donors (Lipinski definition) is 0. The molecule has 5 nitrogen and oxygen atoms in total. The molecule has 0 aliphatic carbocycles. The molecule has 0 radical (unpaired) electrons. The van der Waals surface area contributed by atoms with E-state index in [1.807, 2.05) is 0 Å². The standard InChI is InChI=1S/C14H11Cl2F3N4O/c15-9-3-1-2-8(12(9)16)6-11(24)22-4-5-23-10(7-22)20-21-13(23)14(17,18)19/h1-3H,4-7H2. The van der Waals surface area contributed by atoms with Crippen molar-refractivity contribution in [1.29, 1.82) is 0 Å². The van der Waals surface area contributed by atoms with Crippen molar-refractivity contribution in [1.82, 2.24) is 19.7 Å². The summed E-state index contributed by atoms with van der Waals surface area (Å²) >= 11 is 12.0. The van der Waals surface area contributed by atoms with Crippen LogP contribution in [-0.4, -0.2) is 32.1 Å². The maximum atomic E-state index is 12.8. The fourth-order valence-electron chi connectivity index (χ4n) is 2.54. The quantitative estimate of drug-likeness (QED) is 0.806. The zero-order chi connectivity index (χ0) is 17.5. The number of alkyl halides is 3. The molecule has 2 aromatic rings. The summed E-state index contributed by atoms with van der Waals surface area (Å²) in [4.78, 5) is 13.8. The SMILES string of the molecule is O=C(Cc1cccc(Cl)c1Cl)N1CCn2c(nnc2C(F)(F)F)C1. The number of benzene rings is 1. The highest BCUT2D eigenvalue weighted by Crippen LogP contribution is 2.30. The van der Waals surface area contributed by atoms with Crippen LogP contribution in [0.5, 0.6) is 0 Å². The van der Waals surface area contributed by atoms with Gasteiger partial charge in [0.2, 0.25) is 11.7 Å². The first-order chi connectivity index (χ1) is 11.3. The van der Waals surface area contributed by atoms with Crippen LogP contribution in [0.1, 0.15) is 17.2 Å². The van der Waals surface area contributed by atoms with Crippen LogP contribution in [0, 0.1) is 0 Å². The average Bonchev–Trinajstić information content (AvgIpc) is 2.95. The number of carbonyl (C=O) groups is 1. The van der Waals surface area contributed by atoms with E-state index < -0.39 is 12.0 Å². The lowest BCUT2D eigenvalue weighted by Gasteiger charge is -2.28.